The minimum absolute atomic E-state index is 0.106. The van der Waals surface area contributed by atoms with E-state index in [1.165, 1.54) is 12.1 Å². The molecule has 1 heterocycles. The maximum atomic E-state index is 13.2. The van der Waals surface area contributed by atoms with E-state index in [9.17, 15) is 9.18 Å². The molecule has 0 atom stereocenters. The Labute approximate surface area is 159 Å². The van der Waals surface area contributed by atoms with Gasteiger partial charge in [-0.3, -0.25) is 9.69 Å². The lowest BCUT2D eigenvalue weighted by Crippen LogP contribution is -2.48. The molecule has 0 aliphatic carbocycles. The van der Waals surface area contributed by atoms with Gasteiger partial charge < -0.3 is 15.0 Å². The lowest BCUT2D eigenvalue weighted by atomic mass is 10.2. The molecule has 1 amide bonds. The van der Waals surface area contributed by atoms with Gasteiger partial charge in [-0.05, 0) is 36.8 Å². The van der Waals surface area contributed by atoms with Crippen molar-refractivity contribution in [3.05, 3.63) is 60.4 Å². The zero-order valence-corrected chi connectivity index (χ0v) is 15.4. The number of carbonyl (C=O) groups excluding carboxylic acids is 1. The van der Waals surface area contributed by atoms with Gasteiger partial charge in [-0.25, -0.2) is 4.39 Å². The Morgan fingerprint density at radius 3 is 2.48 bits per heavy atom. The van der Waals surface area contributed by atoms with Gasteiger partial charge in [0.15, 0.2) is 0 Å². The van der Waals surface area contributed by atoms with Gasteiger partial charge in [0.2, 0.25) is 5.91 Å². The molecule has 1 fully saturated rings. The van der Waals surface area contributed by atoms with Crippen molar-refractivity contribution in [1.82, 2.24) is 9.80 Å². The quantitative estimate of drug-likeness (QED) is 0.725. The number of piperazine rings is 1. The minimum atomic E-state index is -0.349. The van der Waals surface area contributed by atoms with Crippen LogP contribution in [0.3, 0.4) is 0 Å². The van der Waals surface area contributed by atoms with E-state index in [4.69, 9.17) is 4.74 Å². The summed E-state index contributed by atoms with van der Waals surface area (Å²) in [5.41, 5.74) is 0.497. The van der Waals surface area contributed by atoms with Crippen LogP contribution < -0.4 is 10.1 Å². The van der Waals surface area contributed by atoms with Crippen molar-refractivity contribution in [3.63, 3.8) is 0 Å². The lowest BCUT2D eigenvalue weighted by molar-refractivity contribution is -0.117. The molecule has 6 heteroatoms. The highest BCUT2D eigenvalue weighted by Gasteiger charge is 2.18. The second kappa shape index (κ2) is 10.0. The Morgan fingerprint density at radius 2 is 1.74 bits per heavy atom. The van der Waals surface area contributed by atoms with Gasteiger partial charge in [-0.15, -0.1) is 0 Å². The molecule has 2 aromatic rings. The number of nitrogens with zero attached hydrogens (tertiary/aromatic N) is 2. The Balaban J connectivity index is 1.30. The van der Waals surface area contributed by atoms with E-state index >= 15 is 0 Å². The van der Waals surface area contributed by atoms with Gasteiger partial charge in [0, 0.05) is 38.4 Å². The first-order valence-electron chi connectivity index (χ1n) is 9.37. The van der Waals surface area contributed by atoms with Crippen LogP contribution in [0.1, 0.15) is 6.42 Å². The number of nitrogens with one attached hydrogen (secondary N) is 1. The third-order valence-corrected chi connectivity index (χ3v) is 4.57. The van der Waals surface area contributed by atoms with Gasteiger partial charge in [0.25, 0.3) is 0 Å². The molecule has 1 N–H and O–H groups in total. The van der Waals surface area contributed by atoms with Crippen LogP contribution in [0.15, 0.2) is 54.6 Å². The zero-order valence-electron chi connectivity index (χ0n) is 15.4. The molecule has 0 spiro atoms. The number of halogens is 1. The molecule has 1 aliphatic rings. The van der Waals surface area contributed by atoms with Gasteiger partial charge in [-0.1, -0.05) is 24.3 Å². The van der Waals surface area contributed by atoms with Crippen LogP contribution in [-0.4, -0.2) is 61.6 Å². The van der Waals surface area contributed by atoms with Crippen LogP contribution in [0.4, 0.5) is 10.1 Å². The summed E-state index contributed by atoms with van der Waals surface area (Å²) in [6.45, 7) is 5.64. The number of anilines is 1. The molecule has 0 aromatic heterocycles. The van der Waals surface area contributed by atoms with Crippen molar-refractivity contribution in [3.8, 4) is 5.75 Å². The molecule has 5 nitrogen and oxygen atoms in total. The summed E-state index contributed by atoms with van der Waals surface area (Å²) < 4.78 is 18.9. The highest BCUT2D eigenvalue weighted by Crippen LogP contribution is 2.10. The maximum Gasteiger partial charge on any atom is 0.238 e. The van der Waals surface area contributed by atoms with Crippen molar-refractivity contribution in [2.24, 2.45) is 0 Å². The standard InChI is InChI=1S/C21H26FN3O2/c22-18-6-4-7-19(16-18)23-21(26)17-25-13-11-24(12-14-25)10-5-15-27-20-8-2-1-3-9-20/h1-4,6-9,16H,5,10-15,17H2,(H,23,26). The van der Waals surface area contributed by atoms with Gasteiger partial charge in [-0.2, -0.15) is 0 Å². The van der Waals surface area contributed by atoms with E-state index in [1.807, 2.05) is 30.3 Å². The summed E-state index contributed by atoms with van der Waals surface area (Å²) in [4.78, 5) is 16.6. The summed E-state index contributed by atoms with van der Waals surface area (Å²) in [6.07, 6.45) is 0.981. The smallest absolute Gasteiger partial charge is 0.238 e. The van der Waals surface area contributed by atoms with Gasteiger partial charge in [0.1, 0.15) is 11.6 Å². The van der Waals surface area contributed by atoms with E-state index in [2.05, 4.69) is 15.1 Å². The minimum Gasteiger partial charge on any atom is -0.494 e. The second-order valence-corrected chi connectivity index (χ2v) is 6.69. The molecule has 0 saturated carbocycles. The molecule has 2 aromatic carbocycles. The fourth-order valence-electron chi connectivity index (χ4n) is 3.14. The Hall–Kier alpha value is -2.44. The van der Waals surface area contributed by atoms with Crippen LogP contribution in [0.25, 0.3) is 0 Å². The predicted octanol–water partition coefficient (Wildman–Crippen LogP) is 2.85. The van der Waals surface area contributed by atoms with E-state index in [0.717, 1.165) is 44.9 Å². The lowest BCUT2D eigenvalue weighted by Gasteiger charge is -2.34. The molecular weight excluding hydrogens is 345 g/mol. The fraction of sp³-hybridized carbons (Fsp3) is 0.381. The first-order chi connectivity index (χ1) is 13.2. The first-order valence-corrected chi connectivity index (χ1v) is 9.37. The monoisotopic (exact) mass is 371 g/mol. The normalized spacial score (nSPS) is 15.4. The number of carbonyl (C=O) groups is 1. The summed E-state index contributed by atoms with van der Waals surface area (Å²) in [6, 6.07) is 15.8. The Bertz CT molecular complexity index is 718. The molecule has 0 unspecified atom stereocenters. The highest BCUT2D eigenvalue weighted by molar-refractivity contribution is 5.92. The SMILES string of the molecule is O=C(CN1CCN(CCCOc2ccccc2)CC1)Nc1cccc(F)c1. The van der Waals surface area contributed by atoms with Crippen LogP contribution in [0, 0.1) is 5.82 Å². The number of benzene rings is 2. The Morgan fingerprint density at radius 1 is 1.00 bits per heavy atom. The van der Waals surface area contributed by atoms with Gasteiger partial charge in [0.05, 0.1) is 13.2 Å². The van der Waals surface area contributed by atoms with E-state index in [-0.39, 0.29) is 11.7 Å². The predicted molar refractivity (Wildman–Crippen MR) is 104 cm³/mol. The maximum absolute atomic E-state index is 13.2. The number of ether oxygens (including phenoxy) is 1. The number of hydrogen-bond acceptors (Lipinski definition) is 4. The van der Waals surface area contributed by atoms with E-state index < -0.39 is 0 Å². The third-order valence-electron chi connectivity index (χ3n) is 4.57. The molecule has 144 valence electrons. The van der Waals surface area contributed by atoms with Crippen molar-refractivity contribution in [1.29, 1.82) is 0 Å². The van der Waals surface area contributed by atoms with Crippen molar-refractivity contribution in [2.45, 2.75) is 6.42 Å². The third kappa shape index (κ3) is 6.66. The van der Waals surface area contributed by atoms with Crippen LogP contribution in [0.5, 0.6) is 5.75 Å². The fourth-order valence-corrected chi connectivity index (χ4v) is 3.14. The molecule has 0 radical (unpaired) electrons. The number of hydrogen-bond donors (Lipinski definition) is 1. The van der Waals surface area contributed by atoms with E-state index in [0.29, 0.717) is 18.8 Å². The zero-order chi connectivity index (χ0) is 18.9. The van der Waals surface area contributed by atoms with Crippen molar-refractivity contribution >= 4 is 11.6 Å². The first kappa shape index (κ1) is 19.3. The molecule has 1 aliphatic heterocycles. The average molecular weight is 371 g/mol. The molecule has 1 saturated heterocycles. The number of rotatable bonds is 8. The summed E-state index contributed by atoms with van der Waals surface area (Å²) >= 11 is 0. The number of amides is 1. The summed E-state index contributed by atoms with van der Waals surface area (Å²) in [7, 11) is 0. The highest BCUT2D eigenvalue weighted by atomic mass is 19.1. The van der Waals surface area contributed by atoms with E-state index in [1.54, 1.807) is 12.1 Å². The largest absolute Gasteiger partial charge is 0.494 e. The molecule has 3 rings (SSSR count). The van der Waals surface area contributed by atoms with Crippen molar-refractivity contribution in [2.75, 3.05) is 51.2 Å². The summed E-state index contributed by atoms with van der Waals surface area (Å²) in [5.74, 6) is 0.453. The molecule has 27 heavy (non-hydrogen) atoms. The van der Waals surface area contributed by atoms with Crippen molar-refractivity contribution < 1.29 is 13.9 Å². The van der Waals surface area contributed by atoms with Crippen LogP contribution >= 0.6 is 0 Å². The summed E-state index contributed by atoms with van der Waals surface area (Å²) in [5, 5.41) is 2.75. The molecular formula is C21H26FN3O2. The van der Waals surface area contributed by atoms with Crippen LogP contribution in [-0.2, 0) is 4.79 Å². The van der Waals surface area contributed by atoms with Gasteiger partial charge >= 0.3 is 0 Å². The van der Waals surface area contributed by atoms with Crippen LogP contribution in [0.2, 0.25) is 0 Å². The Kier molecular flexibility index (Phi) is 7.19. The topological polar surface area (TPSA) is 44.8 Å². The molecule has 0 bridgehead atoms. The second-order valence-electron chi connectivity index (χ2n) is 6.69. The average Bonchev–Trinajstić information content (AvgIpc) is 2.67. The number of para-hydroxylation sites is 1.